The van der Waals surface area contributed by atoms with Crippen LogP contribution in [0.1, 0.15) is 102 Å². The molecule has 3 aliphatic heterocycles. The van der Waals surface area contributed by atoms with Crippen molar-refractivity contribution in [3.8, 4) is 5.69 Å². The van der Waals surface area contributed by atoms with Crippen LogP contribution in [0.25, 0.3) is 16.6 Å². The Bertz CT molecular complexity index is 3030. The lowest BCUT2D eigenvalue weighted by atomic mass is 9.91. The number of carbonyl (C=O) groups excluding carboxylic acids is 1. The summed E-state index contributed by atoms with van der Waals surface area (Å²) in [5, 5.41) is 5.05. The first-order valence-electron chi connectivity index (χ1n) is 21.2. The Kier molecular flexibility index (Phi) is 9.48. The minimum Gasteiger partial charge on any atom is -0.381 e. The topological polar surface area (TPSA) is 166 Å². The Morgan fingerprint density at radius 3 is 2.34 bits per heavy atom. The summed E-state index contributed by atoms with van der Waals surface area (Å²) in [6.45, 7) is 9.83. The van der Waals surface area contributed by atoms with E-state index in [4.69, 9.17) is 14.2 Å². The fourth-order valence-corrected chi connectivity index (χ4v) is 10.8. The predicted molar refractivity (Wildman–Crippen MR) is 232 cm³/mol. The number of aromatic amines is 1. The Morgan fingerprint density at radius 2 is 1.68 bits per heavy atom. The van der Waals surface area contributed by atoms with E-state index in [2.05, 4.69) is 35.3 Å². The van der Waals surface area contributed by atoms with Crippen molar-refractivity contribution in [2.45, 2.75) is 81.7 Å². The minimum atomic E-state index is -3.42. The van der Waals surface area contributed by atoms with E-state index < -0.39 is 27.2 Å². The first-order valence-corrected chi connectivity index (χ1v) is 23.1. The number of aromatic nitrogens is 5. The van der Waals surface area contributed by atoms with Gasteiger partial charge < -0.3 is 19.1 Å². The van der Waals surface area contributed by atoms with E-state index in [-0.39, 0.29) is 48.4 Å². The number of halogens is 1. The molecule has 14 nitrogen and oxygen atoms in total. The van der Waals surface area contributed by atoms with Gasteiger partial charge in [-0.25, -0.2) is 27.2 Å². The number of ether oxygens (including phenoxy) is 1. The third-order valence-corrected chi connectivity index (χ3v) is 14.9. The zero-order chi connectivity index (χ0) is 43.4. The highest BCUT2D eigenvalue weighted by Crippen LogP contribution is 2.56. The minimum absolute atomic E-state index is 0. The molecule has 3 aromatic heterocycles. The van der Waals surface area contributed by atoms with Gasteiger partial charge in [0.2, 0.25) is 5.95 Å². The molecule has 1 N–H and O–H groups in total. The first-order chi connectivity index (χ1) is 29.6. The monoisotopic (exact) mass is 863 g/mol. The number of aryl methyl sites for hydroxylation is 2. The quantitative estimate of drug-likeness (QED) is 0.183. The third-order valence-electron chi connectivity index (χ3n) is 13.8. The van der Waals surface area contributed by atoms with Crippen molar-refractivity contribution in [2.75, 3.05) is 44.0 Å². The molecule has 10 rings (SSSR count). The van der Waals surface area contributed by atoms with Gasteiger partial charge in [0, 0.05) is 62.9 Å². The zero-order valence-corrected chi connectivity index (χ0v) is 36.1. The van der Waals surface area contributed by atoms with E-state index in [1.807, 2.05) is 28.5 Å². The van der Waals surface area contributed by atoms with Crippen LogP contribution in [0.3, 0.4) is 0 Å². The van der Waals surface area contributed by atoms with Crippen molar-refractivity contribution in [3.05, 3.63) is 132 Å². The second-order valence-electron chi connectivity index (χ2n) is 17.7. The lowest BCUT2D eigenvalue weighted by molar-refractivity contribution is 0.0658. The van der Waals surface area contributed by atoms with E-state index in [1.165, 1.54) is 11.8 Å². The fourth-order valence-electron chi connectivity index (χ4n) is 10.2. The second-order valence-corrected chi connectivity index (χ2v) is 19.7. The zero-order valence-electron chi connectivity index (χ0n) is 35.3. The standard InChI is InChI=1S/C46H48FN7O7S.H2/c1-25-17-34(18-26(2)39(25)47)53-41(55)36-11-14-52(28(4)40(36)48-44(53)51-23-33(24-51)30-7-6-8-35(20-30)62(5,58)59)42(56)38-21-32-19-31(29-12-15-60-16-13-29)9-10-37(32)54(38)46(22-27(46)3)43-49-45(57)61-50-43;/h6-10,17-21,27-29,33H,11-16,22-24H2,1-5H3,(H,49,50,57);1H/t27-,28+,46+;/m1./s1. The van der Waals surface area contributed by atoms with Gasteiger partial charge in [-0.15, -0.1) is 0 Å². The molecule has 3 aromatic carbocycles. The number of benzene rings is 3. The Balaban J connectivity index is 0.00000504. The summed E-state index contributed by atoms with van der Waals surface area (Å²) in [4.78, 5) is 54.4. The average Bonchev–Trinajstić information content (AvgIpc) is 3.50. The van der Waals surface area contributed by atoms with Crippen LogP contribution >= 0.6 is 0 Å². The number of rotatable bonds is 8. The highest BCUT2D eigenvalue weighted by molar-refractivity contribution is 7.90. The number of fused-ring (bicyclic) bond motifs is 2. The van der Waals surface area contributed by atoms with Gasteiger partial charge in [0.15, 0.2) is 15.7 Å². The molecule has 1 aliphatic carbocycles. The lowest BCUT2D eigenvalue weighted by Crippen LogP contribution is -2.50. The highest BCUT2D eigenvalue weighted by Gasteiger charge is 2.59. The second kappa shape index (κ2) is 14.6. The number of hydrogen-bond donors (Lipinski definition) is 1. The Labute approximate surface area is 358 Å². The first kappa shape index (κ1) is 40.2. The highest BCUT2D eigenvalue weighted by atomic mass is 32.2. The van der Waals surface area contributed by atoms with Gasteiger partial charge in [-0.1, -0.05) is 30.3 Å². The van der Waals surface area contributed by atoms with E-state index in [1.54, 1.807) is 53.6 Å². The summed E-state index contributed by atoms with van der Waals surface area (Å²) >= 11 is 0. The molecule has 1 amide bonds. The van der Waals surface area contributed by atoms with E-state index in [0.717, 1.165) is 29.3 Å². The summed E-state index contributed by atoms with van der Waals surface area (Å²) in [6.07, 6.45) is 3.88. The number of anilines is 1. The molecule has 2 saturated heterocycles. The summed E-state index contributed by atoms with van der Waals surface area (Å²) in [5.41, 5.74) is 4.46. The third kappa shape index (κ3) is 6.43. The maximum absolute atomic E-state index is 15.3. The van der Waals surface area contributed by atoms with E-state index >= 15 is 4.79 Å². The normalized spacial score (nSPS) is 21.9. The molecule has 0 bridgehead atoms. The number of amides is 1. The predicted octanol–water partition coefficient (Wildman–Crippen LogP) is 6.31. The summed E-state index contributed by atoms with van der Waals surface area (Å²) < 4.78 is 54.0. The molecule has 1 saturated carbocycles. The van der Waals surface area contributed by atoms with Crippen molar-refractivity contribution in [1.29, 1.82) is 0 Å². The molecular weight excluding hydrogens is 814 g/mol. The molecule has 0 spiro atoms. The van der Waals surface area contributed by atoms with Crippen molar-refractivity contribution in [2.24, 2.45) is 5.92 Å². The Morgan fingerprint density at radius 1 is 0.968 bits per heavy atom. The number of nitrogens with zero attached hydrogens (tertiary/aromatic N) is 6. The van der Waals surface area contributed by atoms with Gasteiger partial charge >= 0.3 is 5.76 Å². The summed E-state index contributed by atoms with van der Waals surface area (Å²) in [5.74, 6) is -0.203. The molecule has 3 fully saturated rings. The van der Waals surface area contributed by atoms with Gasteiger partial charge in [-0.2, -0.15) is 0 Å². The summed E-state index contributed by atoms with van der Waals surface area (Å²) in [6, 6.07) is 17.9. The van der Waals surface area contributed by atoms with Gasteiger partial charge in [-0.3, -0.25) is 19.1 Å². The van der Waals surface area contributed by atoms with Gasteiger partial charge in [0.05, 0.1) is 22.3 Å². The molecule has 4 aliphatic rings. The lowest BCUT2D eigenvalue weighted by Gasteiger charge is -2.42. The van der Waals surface area contributed by atoms with Crippen LogP contribution in [0.5, 0.6) is 0 Å². The number of hydrogen-bond acceptors (Lipinski definition) is 10. The van der Waals surface area contributed by atoms with Crippen molar-refractivity contribution in [1.82, 2.24) is 29.2 Å². The molecular formula is C46H50FN7O7S. The van der Waals surface area contributed by atoms with E-state index in [0.29, 0.717) is 84.2 Å². The van der Waals surface area contributed by atoms with Crippen LogP contribution in [0.15, 0.2) is 79.7 Å². The van der Waals surface area contributed by atoms with Crippen LogP contribution in [0, 0.1) is 25.6 Å². The average molecular weight is 864 g/mol. The number of H-pyrrole nitrogens is 1. The van der Waals surface area contributed by atoms with Crippen LogP contribution < -0.4 is 16.2 Å². The van der Waals surface area contributed by atoms with Gasteiger partial charge in [-0.05, 0) is 123 Å². The van der Waals surface area contributed by atoms with Gasteiger partial charge in [0.25, 0.3) is 11.5 Å². The molecule has 0 radical (unpaired) electrons. The van der Waals surface area contributed by atoms with Crippen LogP contribution in [0.4, 0.5) is 10.3 Å². The molecule has 16 heteroatoms. The molecule has 0 unspecified atom stereocenters. The molecule has 324 valence electrons. The molecule has 6 heterocycles. The number of sulfone groups is 1. The maximum atomic E-state index is 15.3. The van der Waals surface area contributed by atoms with E-state index in [9.17, 15) is 22.4 Å². The SMILES string of the molecule is Cc1cc(-n2c(N3CC(c4cccc(S(C)(=O)=O)c4)C3)nc3c(c2=O)CCN(C(=O)c2cc4cc(C5CCOCC5)ccc4n2[C@@]2(c4noc(=O)[nH]4)C[C@H]2C)[C@H]3C)cc(C)c1F.[HH]. The van der Waals surface area contributed by atoms with Crippen LogP contribution in [-0.4, -0.2) is 82.6 Å². The van der Waals surface area contributed by atoms with Gasteiger partial charge in [0.1, 0.15) is 17.1 Å². The number of carbonyl (C=O) groups is 1. The number of nitrogens with one attached hydrogen (secondary N) is 1. The Hall–Kier alpha value is -5.87. The maximum Gasteiger partial charge on any atom is 0.438 e. The molecule has 62 heavy (non-hydrogen) atoms. The van der Waals surface area contributed by atoms with Crippen molar-refractivity contribution >= 4 is 32.6 Å². The van der Waals surface area contributed by atoms with Crippen molar-refractivity contribution in [3.63, 3.8) is 0 Å². The molecule has 6 aromatic rings. The largest absolute Gasteiger partial charge is 0.438 e. The molecule has 3 atom stereocenters. The van der Waals surface area contributed by atoms with Crippen LogP contribution in [-0.2, 0) is 26.5 Å². The summed E-state index contributed by atoms with van der Waals surface area (Å²) in [7, 11) is -3.42. The fraction of sp³-hybridized carbons (Fsp3) is 0.413. The van der Waals surface area contributed by atoms with Crippen molar-refractivity contribution < 1.29 is 28.3 Å². The van der Waals surface area contributed by atoms with Crippen LogP contribution in [0.2, 0.25) is 0 Å². The smallest absolute Gasteiger partial charge is 0.381 e.